The van der Waals surface area contributed by atoms with Gasteiger partial charge in [-0.25, -0.2) is 8.42 Å². The predicted octanol–water partition coefficient (Wildman–Crippen LogP) is 6.16. The molecule has 0 saturated carbocycles. The average Bonchev–Trinajstić information content (AvgIpc) is 3.27. The Morgan fingerprint density at radius 3 is 2.08 bits per heavy atom. The van der Waals surface area contributed by atoms with Gasteiger partial charge in [0.25, 0.3) is 5.60 Å². The maximum Gasteiger partial charge on any atom is 0.431 e. The highest BCUT2D eigenvalue weighted by atomic mass is 35.5. The quantitative estimate of drug-likeness (QED) is 0.274. The van der Waals surface area contributed by atoms with Crippen LogP contribution in [0.15, 0.2) is 76.7 Å². The summed E-state index contributed by atoms with van der Waals surface area (Å²) in [5.74, 6) is 0. The Labute approximate surface area is 224 Å². The number of rotatable bonds is 5. The summed E-state index contributed by atoms with van der Waals surface area (Å²) in [5, 5.41) is 14.5. The number of hydrogen-bond acceptors (Lipinski definition) is 6. The molecule has 1 heterocycles. The Hall–Kier alpha value is -3.29. The first-order valence-electron chi connectivity index (χ1n) is 11.1. The maximum absolute atomic E-state index is 13.6. The van der Waals surface area contributed by atoms with Crippen molar-refractivity contribution in [3.05, 3.63) is 77.3 Å². The van der Waals surface area contributed by atoms with Gasteiger partial charge in [-0.05, 0) is 29.3 Å². The van der Waals surface area contributed by atoms with Crippen LogP contribution in [0.4, 0.5) is 37.7 Å². The summed E-state index contributed by atoms with van der Waals surface area (Å²) in [5.41, 5.74) is 0.412. The van der Waals surface area contributed by atoms with Crippen molar-refractivity contribution in [2.24, 2.45) is 5.10 Å². The van der Waals surface area contributed by atoms with Gasteiger partial charge in [0.2, 0.25) is 0 Å². The van der Waals surface area contributed by atoms with Crippen molar-refractivity contribution in [3.8, 4) is 11.1 Å². The molecule has 0 amide bonds. The fraction of sp³-hybridized carbons (Fsp3) is 0.240. The third kappa shape index (κ3) is 5.06. The minimum atomic E-state index is -6.10. The van der Waals surface area contributed by atoms with Crippen molar-refractivity contribution in [3.63, 3.8) is 0 Å². The van der Waals surface area contributed by atoms with Crippen molar-refractivity contribution >= 4 is 38.5 Å². The fourth-order valence-electron chi connectivity index (χ4n) is 4.34. The maximum atomic E-state index is 13.6. The predicted molar refractivity (Wildman–Crippen MR) is 135 cm³/mol. The molecule has 208 valence electrons. The normalized spacial score (nSPS) is 16.9. The number of halogens is 7. The minimum Gasteiger partial charge on any atom is -0.397 e. The number of benzene rings is 3. The molecule has 1 aliphatic rings. The van der Waals surface area contributed by atoms with Gasteiger partial charge in [0, 0.05) is 18.2 Å². The Morgan fingerprint density at radius 1 is 0.949 bits per heavy atom. The molecule has 3 aromatic carbocycles. The second-order valence-corrected chi connectivity index (χ2v) is 11.3. The van der Waals surface area contributed by atoms with Crippen LogP contribution in [0, 0.1) is 0 Å². The summed E-state index contributed by atoms with van der Waals surface area (Å²) < 4.78 is 106. The van der Waals surface area contributed by atoms with Crippen LogP contribution in [0.25, 0.3) is 11.1 Å². The number of aliphatic hydroxyl groups is 1. The van der Waals surface area contributed by atoms with Crippen LogP contribution in [0.2, 0.25) is 5.02 Å². The van der Waals surface area contributed by atoms with E-state index in [-0.39, 0.29) is 26.9 Å². The summed E-state index contributed by atoms with van der Waals surface area (Å²) in [6, 6.07) is 14.8. The van der Waals surface area contributed by atoms with Crippen LogP contribution in [0.1, 0.15) is 18.0 Å². The Morgan fingerprint density at radius 2 is 1.54 bits per heavy atom. The topological polar surface area (TPSA) is 96.0 Å². The molecule has 6 nitrogen and oxygen atoms in total. The molecule has 0 saturated heterocycles. The highest BCUT2D eigenvalue weighted by Crippen LogP contribution is 2.49. The lowest BCUT2D eigenvalue weighted by molar-refractivity contribution is -0.338. The smallest absolute Gasteiger partial charge is 0.397 e. The summed E-state index contributed by atoms with van der Waals surface area (Å²) >= 11 is 6.19. The van der Waals surface area contributed by atoms with E-state index < -0.39 is 46.0 Å². The van der Waals surface area contributed by atoms with E-state index in [4.69, 9.17) is 17.3 Å². The number of hydrazone groups is 1. The van der Waals surface area contributed by atoms with Crippen LogP contribution in [0.5, 0.6) is 0 Å². The van der Waals surface area contributed by atoms with Crippen LogP contribution in [0.3, 0.4) is 0 Å². The Kier molecular flexibility index (Phi) is 7.15. The first-order chi connectivity index (χ1) is 18.0. The number of anilines is 2. The molecule has 0 fully saturated rings. The molecule has 0 spiro atoms. The number of nitrogens with two attached hydrogens (primary N) is 1. The lowest BCUT2D eigenvalue weighted by atomic mass is 9.89. The summed E-state index contributed by atoms with van der Waals surface area (Å²) in [6.07, 6.45) is -12.1. The number of para-hydroxylation sites is 2. The zero-order valence-corrected chi connectivity index (χ0v) is 21.5. The molecule has 14 heteroatoms. The fourth-order valence-corrected chi connectivity index (χ4v) is 5.40. The van der Waals surface area contributed by atoms with Gasteiger partial charge in [-0.1, -0.05) is 60.1 Å². The molecule has 0 aliphatic carbocycles. The van der Waals surface area contributed by atoms with E-state index in [0.717, 1.165) is 11.3 Å². The van der Waals surface area contributed by atoms with Gasteiger partial charge in [0.15, 0.2) is 9.84 Å². The monoisotopic (exact) mass is 591 g/mol. The molecule has 0 radical (unpaired) electrons. The highest BCUT2D eigenvalue weighted by molar-refractivity contribution is 7.90. The largest absolute Gasteiger partial charge is 0.431 e. The molecule has 0 bridgehead atoms. The number of nitrogen functional groups attached to an aromatic ring is 1. The van der Waals surface area contributed by atoms with Crippen LogP contribution in [-0.2, 0) is 9.84 Å². The van der Waals surface area contributed by atoms with Crippen LogP contribution in [-0.4, -0.2) is 43.4 Å². The van der Waals surface area contributed by atoms with E-state index in [2.05, 4.69) is 5.10 Å². The lowest BCUT2D eigenvalue weighted by Gasteiger charge is -2.32. The highest BCUT2D eigenvalue weighted by Gasteiger charge is 2.74. The first-order valence-corrected chi connectivity index (χ1v) is 13.4. The lowest BCUT2D eigenvalue weighted by Crippen LogP contribution is -2.62. The van der Waals surface area contributed by atoms with Gasteiger partial charge in [-0.15, -0.1) is 0 Å². The van der Waals surface area contributed by atoms with E-state index in [0.29, 0.717) is 11.1 Å². The number of sulfone groups is 1. The number of alkyl halides is 6. The van der Waals surface area contributed by atoms with Crippen molar-refractivity contribution < 1.29 is 39.9 Å². The van der Waals surface area contributed by atoms with Crippen molar-refractivity contribution in [2.75, 3.05) is 17.0 Å². The van der Waals surface area contributed by atoms with Gasteiger partial charge < -0.3 is 10.8 Å². The van der Waals surface area contributed by atoms with Crippen molar-refractivity contribution in [1.29, 1.82) is 0 Å². The number of nitrogens with zero attached hydrogens (tertiary/aromatic N) is 2. The molecular weight excluding hydrogens is 572 g/mol. The summed E-state index contributed by atoms with van der Waals surface area (Å²) in [6.45, 7) is 0. The Balaban J connectivity index is 1.80. The molecule has 39 heavy (non-hydrogen) atoms. The zero-order chi connectivity index (χ0) is 29.0. The van der Waals surface area contributed by atoms with Gasteiger partial charge in [0.05, 0.1) is 33.0 Å². The average molecular weight is 592 g/mol. The third-order valence-corrected chi connectivity index (χ3v) is 7.79. The molecule has 4 rings (SSSR count). The molecule has 3 N–H and O–H groups in total. The van der Waals surface area contributed by atoms with Gasteiger partial charge in [-0.2, -0.15) is 31.4 Å². The van der Waals surface area contributed by atoms with E-state index in [1.807, 2.05) is 0 Å². The second kappa shape index (κ2) is 9.72. The SMILES string of the molecule is CS(=O)(=O)c1cccc(-c2ccc(C3CC(C(O)(C(F)(F)F)C(F)(F)F)=NN3c3ccccc3Cl)cc2)c1N. The van der Waals surface area contributed by atoms with Gasteiger partial charge in [0.1, 0.15) is 0 Å². The second-order valence-electron chi connectivity index (χ2n) is 8.88. The molecule has 1 atom stereocenters. The molecule has 1 unspecified atom stereocenters. The van der Waals surface area contributed by atoms with Gasteiger partial charge in [-0.3, -0.25) is 5.01 Å². The van der Waals surface area contributed by atoms with E-state index in [9.17, 15) is 39.9 Å². The van der Waals surface area contributed by atoms with Crippen LogP contribution < -0.4 is 10.7 Å². The molecule has 0 aromatic heterocycles. The number of hydrogen-bond donors (Lipinski definition) is 2. The Bertz CT molecular complexity index is 1530. The van der Waals surface area contributed by atoms with E-state index in [1.54, 1.807) is 6.07 Å². The molecular formula is C25H20ClF6N3O3S. The van der Waals surface area contributed by atoms with Crippen molar-refractivity contribution in [2.45, 2.75) is 35.3 Å². The standard InChI is InChI=1S/C25H20ClF6N3O3S/c1-39(37,38)20-8-4-5-16(22(20)33)14-9-11-15(12-10-14)19-13-21(23(36,24(27,28)29)25(30,31)32)34-35(19)18-7-3-2-6-17(18)26/h2-12,19,36H,13,33H2,1H3. The van der Waals surface area contributed by atoms with Crippen LogP contribution >= 0.6 is 11.6 Å². The zero-order valence-electron chi connectivity index (χ0n) is 19.9. The van der Waals surface area contributed by atoms with E-state index in [1.165, 1.54) is 60.7 Å². The molecule has 1 aliphatic heterocycles. The van der Waals surface area contributed by atoms with Crippen molar-refractivity contribution in [1.82, 2.24) is 0 Å². The third-order valence-electron chi connectivity index (χ3n) is 6.32. The summed E-state index contributed by atoms with van der Waals surface area (Å²) in [4.78, 5) is -0.0959. The first kappa shape index (κ1) is 28.7. The van der Waals surface area contributed by atoms with E-state index >= 15 is 0 Å². The summed E-state index contributed by atoms with van der Waals surface area (Å²) in [7, 11) is -3.64. The molecule has 3 aromatic rings. The van der Waals surface area contributed by atoms with Gasteiger partial charge >= 0.3 is 12.4 Å². The minimum absolute atomic E-state index is 0.0111.